The van der Waals surface area contributed by atoms with Crippen LogP contribution in [0.15, 0.2) is 29.3 Å². The van der Waals surface area contributed by atoms with E-state index in [9.17, 15) is 8.42 Å². The molecule has 0 aliphatic carbocycles. The molecule has 1 aromatic rings. The molecule has 0 aliphatic heterocycles. The molecule has 0 amide bonds. The van der Waals surface area contributed by atoms with Gasteiger partial charge in [-0.05, 0) is 45.6 Å². The van der Waals surface area contributed by atoms with E-state index in [0.717, 1.165) is 17.9 Å². The summed E-state index contributed by atoms with van der Waals surface area (Å²) in [4.78, 5) is 4.68. The molecule has 0 fully saturated rings. The summed E-state index contributed by atoms with van der Waals surface area (Å²) in [5.41, 5.74) is 0.588. The Bertz CT molecular complexity index is 757. The molecule has 0 atom stereocenters. The molecule has 0 radical (unpaired) electrons. The van der Waals surface area contributed by atoms with E-state index < -0.39 is 9.84 Å². The maximum atomic E-state index is 11.4. The van der Waals surface area contributed by atoms with Crippen LogP contribution in [0.5, 0.6) is 5.75 Å². The van der Waals surface area contributed by atoms with Gasteiger partial charge in [0, 0.05) is 24.9 Å². The van der Waals surface area contributed by atoms with Gasteiger partial charge in [0.2, 0.25) is 0 Å². The first-order valence-electron chi connectivity index (χ1n) is 9.78. The Morgan fingerprint density at radius 1 is 1.10 bits per heavy atom. The van der Waals surface area contributed by atoms with Crippen molar-refractivity contribution >= 4 is 39.8 Å². The van der Waals surface area contributed by atoms with Crippen LogP contribution in [0, 0.1) is 5.41 Å². The average Bonchev–Trinajstić information content (AvgIpc) is 2.55. The molecule has 8 heteroatoms. The number of halogens is 1. The third-order valence-corrected chi connectivity index (χ3v) is 4.97. The molecule has 0 aromatic heterocycles. The highest BCUT2D eigenvalue weighted by Crippen LogP contribution is 2.24. The van der Waals surface area contributed by atoms with Crippen molar-refractivity contribution in [1.82, 2.24) is 10.6 Å². The molecule has 6 nitrogen and oxygen atoms in total. The molecular weight excluding hydrogens is 501 g/mol. The summed E-state index contributed by atoms with van der Waals surface area (Å²) in [5.74, 6) is 1.73. The van der Waals surface area contributed by atoms with Crippen molar-refractivity contribution in [3.63, 3.8) is 0 Å². The van der Waals surface area contributed by atoms with Gasteiger partial charge in [-0.25, -0.2) is 13.4 Å². The molecule has 0 saturated carbocycles. The number of para-hydroxylation sites is 1. The fourth-order valence-electron chi connectivity index (χ4n) is 2.44. The first-order chi connectivity index (χ1) is 12.8. The summed E-state index contributed by atoms with van der Waals surface area (Å²) >= 11 is 0. The zero-order valence-corrected chi connectivity index (χ0v) is 22.0. The summed E-state index contributed by atoms with van der Waals surface area (Å²) < 4.78 is 28.9. The fraction of sp³-hybridized carbons (Fsp3) is 0.667. The second kappa shape index (κ2) is 12.0. The smallest absolute Gasteiger partial charge is 0.191 e. The highest BCUT2D eigenvalue weighted by molar-refractivity contribution is 14.0. The lowest BCUT2D eigenvalue weighted by molar-refractivity contribution is 0.129. The minimum absolute atomic E-state index is 0. The fourth-order valence-corrected chi connectivity index (χ4v) is 3.37. The van der Waals surface area contributed by atoms with E-state index >= 15 is 0 Å². The average molecular weight is 540 g/mol. The van der Waals surface area contributed by atoms with E-state index in [0.29, 0.717) is 25.5 Å². The number of hydrogen-bond donors (Lipinski definition) is 2. The Morgan fingerprint density at radius 3 is 2.28 bits per heavy atom. The summed E-state index contributed by atoms with van der Waals surface area (Å²) in [5, 5.41) is 6.58. The standard InChI is InChI=1S/C21H37N3O3S.HI/c1-8-22-19(24-16-21(5,6)13-14-28(7,25)26)23-15-17-11-9-10-12-18(17)27-20(2,3)4;/h9-12H,8,13-16H2,1-7H3,(H2,22,23,24);1H. The number of benzene rings is 1. The van der Waals surface area contributed by atoms with Gasteiger partial charge < -0.3 is 15.4 Å². The maximum Gasteiger partial charge on any atom is 0.191 e. The van der Waals surface area contributed by atoms with Gasteiger partial charge >= 0.3 is 0 Å². The minimum atomic E-state index is -2.96. The zero-order chi connectivity index (χ0) is 21.4. The predicted octanol–water partition coefficient (Wildman–Crippen LogP) is 4.00. The molecule has 1 rings (SSSR count). The van der Waals surface area contributed by atoms with Gasteiger partial charge in [-0.15, -0.1) is 24.0 Å². The van der Waals surface area contributed by atoms with Gasteiger partial charge in [0.15, 0.2) is 5.96 Å². The van der Waals surface area contributed by atoms with Crippen LogP contribution in [0.1, 0.15) is 53.5 Å². The highest BCUT2D eigenvalue weighted by Gasteiger charge is 2.20. The van der Waals surface area contributed by atoms with E-state index in [1.165, 1.54) is 6.26 Å². The third kappa shape index (κ3) is 13.0. The van der Waals surface area contributed by atoms with E-state index in [1.807, 2.05) is 52.0 Å². The van der Waals surface area contributed by atoms with E-state index in [1.54, 1.807) is 0 Å². The normalized spacial score (nSPS) is 12.9. The van der Waals surface area contributed by atoms with Crippen LogP contribution in [-0.4, -0.2) is 45.1 Å². The third-order valence-electron chi connectivity index (χ3n) is 4.02. The largest absolute Gasteiger partial charge is 0.488 e. The lowest BCUT2D eigenvalue weighted by atomic mass is 9.90. The SMILES string of the molecule is CCNC(=NCc1ccccc1OC(C)(C)C)NCC(C)(C)CCS(C)(=O)=O.I. The Hall–Kier alpha value is -1.03. The Morgan fingerprint density at radius 2 is 1.72 bits per heavy atom. The number of ether oxygens (including phenoxy) is 1. The first-order valence-corrected chi connectivity index (χ1v) is 11.8. The lowest BCUT2D eigenvalue weighted by Gasteiger charge is -2.26. The Balaban J connectivity index is 0.00000784. The molecule has 0 unspecified atom stereocenters. The molecular formula is C21H38IN3O3S. The van der Waals surface area contributed by atoms with Crippen molar-refractivity contribution in [3.8, 4) is 5.75 Å². The summed E-state index contributed by atoms with van der Waals surface area (Å²) in [6, 6.07) is 7.92. The van der Waals surface area contributed by atoms with E-state index in [2.05, 4.69) is 29.5 Å². The van der Waals surface area contributed by atoms with Crippen LogP contribution in [0.25, 0.3) is 0 Å². The van der Waals surface area contributed by atoms with Gasteiger partial charge in [0.25, 0.3) is 0 Å². The molecule has 29 heavy (non-hydrogen) atoms. The number of rotatable bonds is 9. The predicted molar refractivity (Wildman–Crippen MR) is 133 cm³/mol. The number of guanidine groups is 1. The molecule has 2 N–H and O–H groups in total. The first kappa shape index (κ1) is 28.0. The van der Waals surface area contributed by atoms with Crippen LogP contribution >= 0.6 is 24.0 Å². The highest BCUT2D eigenvalue weighted by atomic mass is 127. The Kier molecular flexibility index (Phi) is 11.6. The Labute approximate surface area is 194 Å². The molecule has 0 saturated heterocycles. The van der Waals surface area contributed by atoms with Gasteiger partial charge in [-0.3, -0.25) is 0 Å². The quantitative estimate of drug-likeness (QED) is 0.282. The number of sulfone groups is 1. The second-order valence-electron chi connectivity index (χ2n) is 8.91. The van der Waals surface area contributed by atoms with Crippen LogP contribution in [0.3, 0.4) is 0 Å². The number of aliphatic imine (C=N–C) groups is 1. The summed E-state index contributed by atoms with van der Waals surface area (Å²) in [6.07, 6.45) is 1.87. The lowest BCUT2D eigenvalue weighted by Crippen LogP contribution is -2.42. The van der Waals surface area contributed by atoms with Crippen LogP contribution in [0.2, 0.25) is 0 Å². The van der Waals surface area contributed by atoms with Crippen molar-refractivity contribution in [2.24, 2.45) is 10.4 Å². The second-order valence-corrected chi connectivity index (χ2v) is 11.2. The van der Waals surface area contributed by atoms with Gasteiger partial charge in [0.1, 0.15) is 21.2 Å². The van der Waals surface area contributed by atoms with Crippen LogP contribution in [-0.2, 0) is 16.4 Å². The van der Waals surface area contributed by atoms with E-state index in [-0.39, 0.29) is 40.7 Å². The zero-order valence-electron chi connectivity index (χ0n) is 18.8. The maximum absolute atomic E-state index is 11.4. The molecule has 1 aromatic carbocycles. The van der Waals surface area contributed by atoms with Crippen LogP contribution in [0.4, 0.5) is 0 Å². The van der Waals surface area contributed by atoms with E-state index in [4.69, 9.17) is 4.74 Å². The van der Waals surface area contributed by atoms with Crippen molar-refractivity contribution in [3.05, 3.63) is 29.8 Å². The number of hydrogen-bond acceptors (Lipinski definition) is 4. The minimum Gasteiger partial charge on any atom is -0.488 e. The number of nitrogens with one attached hydrogen (secondary N) is 2. The molecule has 0 aliphatic rings. The van der Waals surface area contributed by atoms with Crippen molar-refractivity contribution in [2.45, 2.75) is 60.1 Å². The van der Waals surface area contributed by atoms with Crippen molar-refractivity contribution in [1.29, 1.82) is 0 Å². The van der Waals surface area contributed by atoms with Crippen molar-refractivity contribution in [2.75, 3.05) is 25.1 Å². The monoisotopic (exact) mass is 539 g/mol. The molecule has 0 heterocycles. The topological polar surface area (TPSA) is 79.8 Å². The van der Waals surface area contributed by atoms with Gasteiger partial charge in [0.05, 0.1) is 12.3 Å². The van der Waals surface area contributed by atoms with Gasteiger partial charge in [-0.2, -0.15) is 0 Å². The summed E-state index contributed by atoms with van der Waals surface area (Å²) in [7, 11) is -2.96. The van der Waals surface area contributed by atoms with Crippen molar-refractivity contribution < 1.29 is 13.2 Å². The molecule has 168 valence electrons. The van der Waals surface area contributed by atoms with Crippen LogP contribution < -0.4 is 15.4 Å². The molecule has 0 bridgehead atoms. The number of nitrogens with zero attached hydrogens (tertiary/aromatic N) is 1. The van der Waals surface area contributed by atoms with Gasteiger partial charge in [-0.1, -0.05) is 32.0 Å². The molecule has 0 spiro atoms. The summed E-state index contributed by atoms with van der Waals surface area (Å²) in [6.45, 7) is 14.1.